The van der Waals surface area contributed by atoms with Crippen LogP contribution in [0.2, 0.25) is 0 Å². The van der Waals surface area contributed by atoms with Crippen LogP contribution in [0.25, 0.3) is 0 Å². The zero-order valence-electron chi connectivity index (χ0n) is 13.0. The lowest BCUT2D eigenvalue weighted by Crippen LogP contribution is -2.33. The molecule has 4 rings (SSSR count). The quantitative estimate of drug-likeness (QED) is 0.741. The van der Waals surface area contributed by atoms with Crippen molar-refractivity contribution in [2.24, 2.45) is 0 Å². The van der Waals surface area contributed by atoms with Crippen LogP contribution in [-0.2, 0) is 0 Å². The summed E-state index contributed by atoms with van der Waals surface area (Å²) < 4.78 is 0. The smallest absolute Gasteiger partial charge is 0.0723 e. The molecule has 1 saturated heterocycles. The predicted octanol–water partition coefficient (Wildman–Crippen LogP) is 4.88. The van der Waals surface area contributed by atoms with Gasteiger partial charge in [-0.1, -0.05) is 78.9 Å². The molecule has 0 radical (unpaired) electrons. The second kappa shape index (κ2) is 6.27. The Morgan fingerprint density at radius 2 is 1.17 bits per heavy atom. The lowest BCUT2D eigenvalue weighted by Gasteiger charge is -2.26. The Hall–Kier alpha value is -2.58. The van der Waals surface area contributed by atoms with E-state index in [1.165, 1.54) is 16.8 Å². The van der Waals surface area contributed by atoms with Gasteiger partial charge in [0.2, 0.25) is 0 Å². The van der Waals surface area contributed by atoms with Gasteiger partial charge in [0.25, 0.3) is 0 Å². The molecular weight excluding hydrogens is 280 g/mol. The molecule has 2 atom stereocenters. The Kier molecular flexibility index (Phi) is 3.83. The molecule has 0 amide bonds. The van der Waals surface area contributed by atoms with E-state index in [-0.39, 0.29) is 0 Å². The highest BCUT2D eigenvalue weighted by Gasteiger charge is 2.33. The number of nitrogens with one attached hydrogen (secondary N) is 1. The number of anilines is 1. The molecule has 23 heavy (non-hydrogen) atoms. The van der Waals surface area contributed by atoms with Crippen LogP contribution in [0.5, 0.6) is 0 Å². The Balaban J connectivity index is 1.70. The molecule has 0 saturated carbocycles. The molecule has 1 aliphatic rings. The molecule has 0 aromatic heterocycles. The topological polar surface area (TPSA) is 15.3 Å². The molecule has 0 bridgehead atoms. The molecule has 1 N–H and O–H groups in total. The van der Waals surface area contributed by atoms with Crippen LogP contribution < -0.4 is 10.4 Å². The normalized spacial score (nSPS) is 20.6. The van der Waals surface area contributed by atoms with Gasteiger partial charge in [-0.05, 0) is 29.7 Å². The summed E-state index contributed by atoms with van der Waals surface area (Å²) in [4.78, 5) is 0. The Morgan fingerprint density at radius 1 is 0.652 bits per heavy atom. The van der Waals surface area contributed by atoms with Crippen molar-refractivity contribution in [2.75, 3.05) is 5.01 Å². The van der Waals surface area contributed by atoms with Crippen LogP contribution in [0.3, 0.4) is 0 Å². The van der Waals surface area contributed by atoms with Crippen LogP contribution in [0.4, 0.5) is 5.69 Å². The van der Waals surface area contributed by atoms with Crippen LogP contribution >= 0.6 is 0 Å². The Labute approximate surface area is 137 Å². The van der Waals surface area contributed by atoms with Crippen molar-refractivity contribution < 1.29 is 0 Å². The van der Waals surface area contributed by atoms with E-state index in [2.05, 4.69) is 101 Å². The van der Waals surface area contributed by atoms with Gasteiger partial charge in [-0.2, -0.15) is 0 Å². The summed E-state index contributed by atoms with van der Waals surface area (Å²) in [6.45, 7) is 0. The van der Waals surface area contributed by atoms with E-state index in [1.54, 1.807) is 0 Å². The first kappa shape index (κ1) is 14.0. The van der Waals surface area contributed by atoms with Gasteiger partial charge < -0.3 is 5.01 Å². The second-order valence-electron chi connectivity index (χ2n) is 5.96. The molecule has 2 nitrogen and oxygen atoms in total. The first-order chi connectivity index (χ1) is 11.4. The standard InChI is InChI=1S/C21H20N2/c1-4-10-17(11-5-1)20-16-21(18-12-6-2-7-13-18)23(22-20)19-14-8-3-9-15-19/h1-15,20-22H,16H2. The summed E-state index contributed by atoms with van der Waals surface area (Å²) >= 11 is 0. The number of nitrogens with zero attached hydrogens (tertiary/aromatic N) is 1. The molecule has 3 aromatic rings. The molecule has 2 heteroatoms. The maximum absolute atomic E-state index is 3.71. The number of para-hydroxylation sites is 1. The summed E-state index contributed by atoms with van der Waals surface area (Å²) in [5.41, 5.74) is 7.60. The minimum Gasteiger partial charge on any atom is -0.300 e. The number of hydrogen-bond donors (Lipinski definition) is 1. The first-order valence-corrected chi connectivity index (χ1v) is 8.12. The Morgan fingerprint density at radius 3 is 1.78 bits per heavy atom. The van der Waals surface area contributed by atoms with Crippen LogP contribution in [-0.4, -0.2) is 0 Å². The zero-order chi connectivity index (χ0) is 15.5. The van der Waals surface area contributed by atoms with Crippen molar-refractivity contribution in [3.8, 4) is 0 Å². The van der Waals surface area contributed by atoms with Gasteiger partial charge in [-0.25, -0.2) is 5.43 Å². The monoisotopic (exact) mass is 300 g/mol. The number of hydrazine groups is 1. The van der Waals surface area contributed by atoms with Gasteiger partial charge in [-0.3, -0.25) is 0 Å². The summed E-state index contributed by atoms with van der Waals surface area (Å²) in [7, 11) is 0. The van der Waals surface area contributed by atoms with Gasteiger partial charge >= 0.3 is 0 Å². The van der Waals surface area contributed by atoms with Gasteiger partial charge in [0.1, 0.15) is 0 Å². The van der Waals surface area contributed by atoms with E-state index >= 15 is 0 Å². The third-order valence-electron chi connectivity index (χ3n) is 4.49. The maximum Gasteiger partial charge on any atom is 0.0723 e. The molecule has 0 spiro atoms. The maximum atomic E-state index is 3.71. The third kappa shape index (κ3) is 2.86. The lowest BCUT2D eigenvalue weighted by molar-refractivity contribution is 0.627. The second-order valence-corrected chi connectivity index (χ2v) is 5.96. The van der Waals surface area contributed by atoms with Crippen molar-refractivity contribution in [2.45, 2.75) is 18.5 Å². The fourth-order valence-electron chi connectivity index (χ4n) is 3.34. The van der Waals surface area contributed by atoms with Crippen molar-refractivity contribution in [3.05, 3.63) is 102 Å². The van der Waals surface area contributed by atoms with Crippen LogP contribution in [0.1, 0.15) is 29.6 Å². The van der Waals surface area contributed by atoms with E-state index in [4.69, 9.17) is 0 Å². The predicted molar refractivity (Wildman–Crippen MR) is 95.0 cm³/mol. The van der Waals surface area contributed by atoms with E-state index in [1.807, 2.05) is 0 Å². The summed E-state index contributed by atoms with van der Waals surface area (Å²) in [6.07, 6.45) is 1.06. The third-order valence-corrected chi connectivity index (χ3v) is 4.49. The molecule has 3 aromatic carbocycles. The van der Waals surface area contributed by atoms with Crippen molar-refractivity contribution >= 4 is 5.69 Å². The largest absolute Gasteiger partial charge is 0.300 e. The molecule has 1 fully saturated rings. The highest BCUT2D eigenvalue weighted by molar-refractivity contribution is 5.49. The molecule has 1 heterocycles. The van der Waals surface area contributed by atoms with Gasteiger partial charge in [0.05, 0.1) is 17.8 Å². The number of benzene rings is 3. The fourth-order valence-corrected chi connectivity index (χ4v) is 3.34. The van der Waals surface area contributed by atoms with E-state index < -0.39 is 0 Å². The molecule has 2 unspecified atom stereocenters. The highest BCUT2D eigenvalue weighted by Crippen LogP contribution is 2.39. The van der Waals surface area contributed by atoms with Crippen LogP contribution in [0, 0.1) is 0 Å². The Bertz CT molecular complexity index is 693. The van der Waals surface area contributed by atoms with Gasteiger partial charge in [0, 0.05) is 0 Å². The summed E-state index contributed by atoms with van der Waals surface area (Å²) in [6, 6.07) is 32.7. The van der Waals surface area contributed by atoms with Gasteiger partial charge in [-0.15, -0.1) is 0 Å². The zero-order valence-corrected chi connectivity index (χ0v) is 13.0. The molecular formula is C21H20N2. The van der Waals surface area contributed by atoms with Crippen molar-refractivity contribution in [3.63, 3.8) is 0 Å². The molecule has 0 aliphatic carbocycles. The molecule has 114 valence electrons. The minimum atomic E-state index is 0.335. The van der Waals surface area contributed by atoms with Crippen LogP contribution in [0.15, 0.2) is 91.0 Å². The fraction of sp³-hybridized carbons (Fsp3) is 0.143. The molecule has 1 aliphatic heterocycles. The highest BCUT2D eigenvalue weighted by atomic mass is 15.6. The average molecular weight is 300 g/mol. The van der Waals surface area contributed by atoms with Crippen molar-refractivity contribution in [1.82, 2.24) is 5.43 Å². The number of hydrogen-bond acceptors (Lipinski definition) is 2. The first-order valence-electron chi connectivity index (χ1n) is 8.12. The SMILES string of the molecule is c1ccc(C2CC(c3ccccc3)N(c3ccccc3)N2)cc1. The summed E-state index contributed by atoms with van der Waals surface area (Å²) in [5.74, 6) is 0. The van der Waals surface area contributed by atoms with Gasteiger partial charge in [0.15, 0.2) is 0 Å². The number of rotatable bonds is 3. The van der Waals surface area contributed by atoms with Crippen molar-refractivity contribution in [1.29, 1.82) is 0 Å². The van der Waals surface area contributed by atoms with E-state index in [9.17, 15) is 0 Å². The van der Waals surface area contributed by atoms with E-state index in [0.717, 1.165) is 6.42 Å². The average Bonchev–Trinajstić information content (AvgIpc) is 3.09. The van der Waals surface area contributed by atoms with E-state index in [0.29, 0.717) is 12.1 Å². The lowest BCUT2D eigenvalue weighted by atomic mass is 9.97. The minimum absolute atomic E-state index is 0.335. The summed E-state index contributed by atoms with van der Waals surface area (Å²) in [5, 5.41) is 2.31.